The zero-order valence-corrected chi connectivity index (χ0v) is 20.5. The van der Waals surface area contributed by atoms with Gasteiger partial charge in [-0.2, -0.15) is 0 Å². The van der Waals surface area contributed by atoms with E-state index in [2.05, 4.69) is 126 Å². The van der Waals surface area contributed by atoms with Crippen LogP contribution in [0.15, 0.2) is 102 Å². The van der Waals surface area contributed by atoms with Gasteiger partial charge in [-0.1, -0.05) is 48.5 Å². The highest BCUT2D eigenvalue weighted by Gasteiger charge is 2.26. The maximum Gasteiger partial charge on any atom is 0.158 e. The summed E-state index contributed by atoms with van der Waals surface area (Å²) in [7, 11) is 0. The highest BCUT2D eigenvalue weighted by molar-refractivity contribution is 14.1. The van der Waals surface area contributed by atoms with Gasteiger partial charge in [0.1, 0.15) is 5.65 Å². The quantitative estimate of drug-likeness (QED) is 0.184. The van der Waals surface area contributed by atoms with Crippen molar-refractivity contribution >= 4 is 94.0 Å². The van der Waals surface area contributed by atoms with Crippen molar-refractivity contribution in [2.24, 2.45) is 0 Å². The van der Waals surface area contributed by atoms with E-state index in [1.807, 2.05) is 6.26 Å². The number of rotatable bonds is 1. The summed E-state index contributed by atoms with van der Waals surface area (Å²) in [6.45, 7) is 0. The predicted molar refractivity (Wildman–Crippen MR) is 153 cm³/mol. The van der Waals surface area contributed by atoms with Gasteiger partial charge in [0, 0.05) is 44.1 Å². The highest BCUT2D eigenvalue weighted by atomic mass is 127. The summed E-state index contributed by atoms with van der Waals surface area (Å²) in [5.41, 5.74) is 9.21. The molecule has 0 radical (unpaired) electrons. The van der Waals surface area contributed by atoms with Crippen LogP contribution in [0.5, 0.6) is 0 Å². The van der Waals surface area contributed by atoms with E-state index < -0.39 is 0 Å². The Balaban J connectivity index is 1.74. The Morgan fingerprint density at radius 1 is 0.571 bits per heavy atom. The van der Waals surface area contributed by atoms with Crippen LogP contribution in [0.2, 0.25) is 0 Å². The molecule has 4 nitrogen and oxygen atoms in total. The summed E-state index contributed by atoms with van der Waals surface area (Å²) in [6.07, 6.45) is 1.82. The molecule has 0 unspecified atom stereocenters. The molecule has 35 heavy (non-hydrogen) atoms. The molecule has 0 amide bonds. The Bertz CT molecular complexity index is 2280. The van der Waals surface area contributed by atoms with Crippen molar-refractivity contribution in [2.45, 2.75) is 0 Å². The van der Waals surface area contributed by atoms with E-state index in [0.717, 1.165) is 22.2 Å². The molecule has 0 saturated heterocycles. The predicted octanol–water partition coefficient (Wildman–Crippen LogP) is 8.68. The van der Waals surface area contributed by atoms with Crippen LogP contribution in [0, 0.1) is 0 Å². The molecule has 0 aliphatic heterocycles. The lowest BCUT2D eigenvalue weighted by atomic mass is 10.1. The number of para-hydroxylation sites is 2. The molecule has 0 aliphatic carbocycles. The first-order valence-corrected chi connectivity index (χ1v) is 12.6. The van der Waals surface area contributed by atoms with Crippen LogP contribution in [0.3, 0.4) is 0 Å². The fourth-order valence-corrected chi connectivity index (χ4v) is 7.08. The van der Waals surface area contributed by atoms with E-state index in [1.165, 1.54) is 54.6 Å². The molecule has 5 heteroatoms. The summed E-state index contributed by atoms with van der Waals surface area (Å²) in [4.78, 5) is 0. The number of halogens is 1. The monoisotopic (exact) mass is 561 g/mol. The van der Waals surface area contributed by atoms with Gasteiger partial charge in [0.15, 0.2) is 5.58 Å². The zero-order chi connectivity index (χ0) is 22.8. The molecule has 0 spiro atoms. The van der Waals surface area contributed by atoms with Crippen molar-refractivity contribution in [1.82, 2.24) is 11.7 Å². The summed E-state index contributed by atoms with van der Waals surface area (Å²) in [5.74, 6) is 0. The SMILES string of the molecule is In1c2cccc3c4occc4n4c5c(ccc1c5c32)c1c2ccccc2n(-c2ccccc2)c14. The third-order valence-corrected chi connectivity index (χ3v) is 8.61. The molecule has 0 aliphatic rings. The molecule has 0 bridgehead atoms. The molecule has 5 heterocycles. The van der Waals surface area contributed by atoms with E-state index in [9.17, 15) is 0 Å². The minimum atomic E-state index is 0.916. The molecule has 0 saturated carbocycles. The molecular formula is C30H16IN3O. The zero-order valence-electron chi connectivity index (χ0n) is 18.4. The van der Waals surface area contributed by atoms with Gasteiger partial charge >= 0.3 is 0 Å². The van der Waals surface area contributed by atoms with Crippen molar-refractivity contribution in [2.75, 3.05) is 0 Å². The van der Waals surface area contributed by atoms with Gasteiger partial charge < -0.3 is 4.42 Å². The second kappa shape index (κ2) is 6.17. The van der Waals surface area contributed by atoms with Crippen LogP contribution in [0.4, 0.5) is 0 Å². The van der Waals surface area contributed by atoms with Gasteiger partial charge in [0.2, 0.25) is 0 Å². The van der Waals surface area contributed by atoms with Crippen LogP contribution in [0.1, 0.15) is 0 Å². The van der Waals surface area contributed by atoms with E-state index in [1.54, 1.807) is 0 Å². The standard InChI is InChI=1S/C30H16IN3O/c31-34-22-12-6-10-20-26(22)27-23(34)14-13-19-25-18-9-4-5-11-21(18)32(17-7-2-1-3-8-17)30(25)33(28(19)27)24-15-16-35-29(20)24/h1-16H. The lowest BCUT2D eigenvalue weighted by Crippen LogP contribution is -1.97. The van der Waals surface area contributed by atoms with Gasteiger partial charge in [-0.15, -0.1) is 0 Å². The van der Waals surface area contributed by atoms with E-state index >= 15 is 0 Å². The van der Waals surface area contributed by atoms with E-state index in [-0.39, 0.29) is 0 Å². The van der Waals surface area contributed by atoms with Crippen molar-refractivity contribution < 1.29 is 4.42 Å². The largest absolute Gasteiger partial charge is 0.462 e. The number of benzene rings is 4. The fourth-order valence-electron chi connectivity index (χ4n) is 6.27. The van der Waals surface area contributed by atoms with Crippen LogP contribution in [-0.4, -0.2) is 11.7 Å². The number of aromatic nitrogens is 3. The van der Waals surface area contributed by atoms with Crippen LogP contribution >= 0.6 is 22.9 Å². The Hall–Kier alpha value is -3.97. The van der Waals surface area contributed by atoms with Gasteiger partial charge in [-0.05, 0) is 36.4 Å². The van der Waals surface area contributed by atoms with E-state index in [0.29, 0.717) is 0 Å². The molecule has 0 fully saturated rings. The maximum absolute atomic E-state index is 6.23. The van der Waals surface area contributed by atoms with Crippen molar-refractivity contribution in [3.05, 3.63) is 97.3 Å². The Labute approximate surface area is 212 Å². The molecule has 0 atom stereocenters. The fraction of sp³-hybridized carbons (Fsp3) is 0. The summed E-state index contributed by atoms with van der Waals surface area (Å²) < 4.78 is 13.4. The Kier molecular flexibility index (Phi) is 3.24. The lowest BCUT2D eigenvalue weighted by Gasteiger charge is -2.08. The third kappa shape index (κ3) is 2.02. The van der Waals surface area contributed by atoms with Gasteiger partial charge in [-0.25, -0.2) is 0 Å². The normalized spacial score (nSPS) is 12.7. The summed E-state index contributed by atoms with van der Waals surface area (Å²) in [6, 6.07) is 32.6. The first kappa shape index (κ1) is 18.4. The number of hydrogen-bond donors (Lipinski definition) is 0. The van der Waals surface area contributed by atoms with Gasteiger partial charge in [0.05, 0.1) is 56.7 Å². The molecule has 4 aromatic carbocycles. The van der Waals surface area contributed by atoms with Crippen molar-refractivity contribution in [3.8, 4) is 5.69 Å². The minimum Gasteiger partial charge on any atom is -0.462 e. The highest BCUT2D eigenvalue weighted by Crippen LogP contribution is 2.47. The average Bonchev–Trinajstić information content (AvgIpc) is 3.63. The van der Waals surface area contributed by atoms with Gasteiger partial charge in [0.25, 0.3) is 0 Å². The first-order chi connectivity index (χ1) is 17.3. The summed E-state index contributed by atoms with van der Waals surface area (Å²) in [5, 5.41) is 7.50. The van der Waals surface area contributed by atoms with Crippen molar-refractivity contribution in [3.63, 3.8) is 0 Å². The number of furan rings is 1. The number of hydrogen-bond acceptors (Lipinski definition) is 1. The maximum atomic E-state index is 6.23. The van der Waals surface area contributed by atoms with Crippen LogP contribution in [-0.2, 0) is 0 Å². The summed E-state index contributed by atoms with van der Waals surface area (Å²) >= 11 is 2.43. The average molecular weight is 561 g/mol. The first-order valence-electron chi connectivity index (χ1n) is 11.7. The molecule has 5 aromatic heterocycles. The smallest absolute Gasteiger partial charge is 0.158 e. The third-order valence-electron chi connectivity index (χ3n) is 7.57. The van der Waals surface area contributed by atoms with Crippen molar-refractivity contribution in [1.29, 1.82) is 0 Å². The molecule has 9 aromatic rings. The molecular weight excluding hydrogens is 545 g/mol. The number of fused-ring (bicyclic) bond motifs is 8. The van der Waals surface area contributed by atoms with Crippen LogP contribution < -0.4 is 0 Å². The molecule has 9 rings (SSSR count). The van der Waals surface area contributed by atoms with Gasteiger partial charge in [-0.3, -0.25) is 11.7 Å². The van der Waals surface area contributed by atoms with Crippen LogP contribution in [0.25, 0.3) is 76.8 Å². The minimum absolute atomic E-state index is 0.916. The van der Waals surface area contributed by atoms with E-state index in [4.69, 9.17) is 4.42 Å². The Morgan fingerprint density at radius 2 is 1.34 bits per heavy atom. The topological polar surface area (TPSA) is 27.4 Å². The number of nitrogens with zero attached hydrogens (tertiary/aromatic N) is 3. The molecule has 0 N–H and O–H groups in total. The Morgan fingerprint density at radius 3 is 2.26 bits per heavy atom. The molecule has 164 valence electrons. The second-order valence-electron chi connectivity index (χ2n) is 9.19. The lowest BCUT2D eigenvalue weighted by molar-refractivity contribution is 0.619. The second-order valence-corrected chi connectivity index (χ2v) is 10.2.